The van der Waals surface area contributed by atoms with Crippen LogP contribution in [0.4, 0.5) is 5.95 Å². The average Bonchev–Trinajstić information content (AvgIpc) is 2.25. The van der Waals surface area contributed by atoms with Gasteiger partial charge in [-0.1, -0.05) is 29.8 Å². The van der Waals surface area contributed by atoms with E-state index in [0.29, 0.717) is 5.95 Å². The van der Waals surface area contributed by atoms with Gasteiger partial charge in [0.05, 0.1) is 0 Å². The van der Waals surface area contributed by atoms with Gasteiger partial charge in [-0.05, 0) is 25.5 Å². The van der Waals surface area contributed by atoms with Gasteiger partial charge >= 0.3 is 0 Å². The smallest absolute Gasteiger partial charge is 0.221 e. The predicted octanol–water partition coefficient (Wildman–Crippen LogP) is 2.97. The van der Waals surface area contributed by atoms with Gasteiger partial charge in [0.25, 0.3) is 0 Å². The standard InChI is InChI=1S/C13H15N3S/c1-9-4-3-5-11(6-9)8-17-12-7-10(2)15-13(14)16-12/h3-7H,8H2,1-2H3,(H2,14,15,16). The van der Waals surface area contributed by atoms with Gasteiger partial charge in [0, 0.05) is 11.4 Å². The van der Waals surface area contributed by atoms with Crippen molar-refractivity contribution >= 4 is 17.7 Å². The second kappa shape index (κ2) is 5.19. The number of aryl methyl sites for hydroxylation is 2. The van der Waals surface area contributed by atoms with E-state index in [1.165, 1.54) is 11.1 Å². The van der Waals surface area contributed by atoms with E-state index in [1.807, 2.05) is 13.0 Å². The molecule has 0 unspecified atom stereocenters. The van der Waals surface area contributed by atoms with Crippen LogP contribution < -0.4 is 5.73 Å². The number of nitrogen functional groups attached to an aromatic ring is 1. The number of hydrogen-bond donors (Lipinski definition) is 1. The Morgan fingerprint density at radius 2 is 2.00 bits per heavy atom. The Morgan fingerprint density at radius 1 is 1.18 bits per heavy atom. The van der Waals surface area contributed by atoms with E-state index < -0.39 is 0 Å². The van der Waals surface area contributed by atoms with Gasteiger partial charge in [0.1, 0.15) is 5.03 Å². The van der Waals surface area contributed by atoms with Crippen molar-refractivity contribution in [2.45, 2.75) is 24.6 Å². The molecule has 1 aromatic heterocycles. The summed E-state index contributed by atoms with van der Waals surface area (Å²) in [4.78, 5) is 8.26. The Kier molecular flexibility index (Phi) is 3.64. The molecule has 0 saturated heterocycles. The number of nitrogens with two attached hydrogens (primary N) is 1. The first-order chi connectivity index (χ1) is 8.13. The van der Waals surface area contributed by atoms with Gasteiger partial charge < -0.3 is 5.73 Å². The summed E-state index contributed by atoms with van der Waals surface area (Å²) in [5.41, 5.74) is 9.10. The molecule has 0 atom stereocenters. The number of rotatable bonds is 3. The first kappa shape index (κ1) is 11.9. The van der Waals surface area contributed by atoms with E-state index in [-0.39, 0.29) is 0 Å². The Balaban J connectivity index is 2.07. The third-order valence-electron chi connectivity index (χ3n) is 2.32. The van der Waals surface area contributed by atoms with Crippen LogP contribution >= 0.6 is 11.8 Å². The second-order valence-electron chi connectivity index (χ2n) is 3.98. The summed E-state index contributed by atoms with van der Waals surface area (Å²) in [7, 11) is 0. The molecule has 17 heavy (non-hydrogen) atoms. The molecular weight excluding hydrogens is 230 g/mol. The largest absolute Gasteiger partial charge is 0.368 e. The molecule has 0 aliphatic carbocycles. The summed E-state index contributed by atoms with van der Waals surface area (Å²) in [6.07, 6.45) is 0. The third-order valence-corrected chi connectivity index (χ3v) is 3.30. The highest BCUT2D eigenvalue weighted by molar-refractivity contribution is 7.98. The summed E-state index contributed by atoms with van der Waals surface area (Å²) < 4.78 is 0. The molecule has 3 nitrogen and oxygen atoms in total. The fourth-order valence-corrected chi connectivity index (χ4v) is 2.50. The quantitative estimate of drug-likeness (QED) is 0.667. The summed E-state index contributed by atoms with van der Waals surface area (Å²) in [5, 5.41) is 0.927. The van der Waals surface area contributed by atoms with Gasteiger partial charge in [-0.25, -0.2) is 9.97 Å². The van der Waals surface area contributed by atoms with E-state index in [1.54, 1.807) is 11.8 Å². The lowest BCUT2D eigenvalue weighted by molar-refractivity contribution is 1.02. The van der Waals surface area contributed by atoms with E-state index >= 15 is 0 Å². The zero-order chi connectivity index (χ0) is 12.3. The van der Waals surface area contributed by atoms with Crippen LogP contribution in [0.15, 0.2) is 35.4 Å². The molecule has 0 fully saturated rings. The highest BCUT2D eigenvalue weighted by Crippen LogP contribution is 2.22. The molecular formula is C13H15N3S. The number of aromatic nitrogens is 2. The summed E-state index contributed by atoms with van der Waals surface area (Å²) in [6.45, 7) is 4.02. The lowest BCUT2D eigenvalue weighted by Gasteiger charge is -2.04. The topological polar surface area (TPSA) is 51.8 Å². The monoisotopic (exact) mass is 245 g/mol. The van der Waals surface area contributed by atoms with Crippen molar-refractivity contribution < 1.29 is 0 Å². The summed E-state index contributed by atoms with van der Waals surface area (Å²) in [6, 6.07) is 10.4. The molecule has 2 N–H and O–H groups in total. The lowest BCUT2D eigenvalue weighted by atomic mass is 10.2. The van der Waals surface area contributed by atoms with Crippen LogP contribution in [0.25, 0.3) is 0 Å². The van der Waals surface area contributed by atoms with Crippen LogP contribution in [0.2, 0.25) is 0 Å². The van der Waals surface area contributed by atoms with Crippen LogP contribution in [0.1, 0.15) is 16.8 Å². The highest BCUT2D eigenvalue weighted by atomic mass is 32.2. The van der Waals surface area contributed by atoms with E-state index in [0.717, 1.165) is 16.5 Å². The molecule has 0 aliphatic rings. The van der Waals surface area contributed by atoms with Crippen molar-refractivity contribution in [3.63, 3.8) is 0 Å². The maximum Gasteiger partial charge on any atom is 0.221 e. The molecule has 1 heterocycles. The SMILES string of the molecule is Cc1cccc(CSc2cc(C)nc(N)n2)c1. The van der Waals surface area contributed by atoms with Crippen molar-refractivity contribution in [3.05, 3.63) is 47.2 Å². The fourth-order valence-electron chi connectivity index (χ4n) is 1.59. The summed E-state index contributed by atoms with van der Waals surface area (Å²) >= 11 is 1.68. The average molecular weight is 245 g/mol. The zero-order valence-electron chi connectivity index (χ0n) is 9.97. The molecule has 1 aromatic carbocycles. The fraction of sp³-hybridized carbons (Fsp3) is 0.231. The Labute approximate surface area is 105 Å². The van der Waals surface area contributed by atoms with E-state index in [2.05, 4.69) is 41.2 Å². The first-order valence-corrected chi connectivity index (χ1v) is 6.41. The molecule has 0 radical (unpaired) electrons. The van der Waals surface area contributed by atoms with E-state index in [9.17, 15) is 0 Å². The molecule has 2 aromatic rings. The second-order valence-corrected chi connectivity index (χ2v) is 4.98. The zero-order valence-corrected chi connectivity index (χ0v) is 10.8. The summed E-state index contributed by atoms with van der Waals surface area (Å²) in [5.74, 6) is 1.24. The molecule has 2 rings (SSSR count). The minimum Gasteiger partial charge on any atom is -0.368 e. The van der Waals surface area contributed by atoms with Crippen LogP contribution in [0, 0.1) is 13.8 Å². The van der Waals surface area contributed by atoms with Crippen LogP contribution in [-0.4, -0.2) is 9.97 Å². The van der Waals surface area contributed by atoms with Crippen molar-refractivity contribution in [1.82, 2.24) is 9.97 Å². The first-order valence-electron chi connectivity index (χ1n) is 5.43. The maximum atomic E-state index is 5.62. The molecule has 4 heteroatoms. The Bertz CT molecular complexity index is 506. The molecule has 0 spiro atoms. The van der Waals surface area contributed by atoms with Gasteiger partial charge in [-0.2, -0.15) is 0 Å². The molecule has 0 aliphatic heterocycles. The molecule has 0 saturated carbocycles. The molecule has 0 amide bonds. The van der Waals surface area contributed by atoms with Crippen molar-refractivity contribution in [2.24, 2.45) is 0 Å². The van der Waals surface area contributed by atoms with Crippen molar-refractivity contribution in [2.75, 3.05) is 5.73 Å². The molecule has 0 bridgehead atoms. The van der Waals surface area contributed by atoms with Gasteiger partial charge in [0.2, 0.25) is 5.95 Å². The number of anilines is 1. The Morgan fingerprint density at radius 3 is 2.71 bits per heavy atom. The minimum absolute atomic E-state index is 0.344. The van der Waals surface area contributed by atoms with Crippen LogP contribution in [0.5, 0.6) is 0 Å². The maximum absolute atomic E-state index is 5.62. The van der Waals surface area contributed by atoms with Crippen molar-refractivity contribution in [3.8, 4) is 0 Å². The lowest BCUT2D eigenvalue weighted by Crippen LogP contribution is -1.97. The van der Waals surface area contributed by atoms with Gasteiger partial charge in [-0.3, -0.25) is 0 Å². The Hall–Kier alpha value is -1.55. The minimum atomic E-state index is 0.344. The number of thioether (sulfide) groups is 1. The number of nitrogens with zero attached hydrogens (tertiary/aromatic N) is 2. The van der Waals surface area contributed by atoms with Gasteiger partial charge in [-0.15, -0.1) is 11.8 Å². The number of benzene rings is 1. The predicted molar refractivity (Wildman–Crippen MR) is 71.9 cm³/mol. The number of hydrogen-bond acceptors (Lipinski definition) is 4. The normalized spacial score (nSPS) is 10.5. The van der Waals surface area contributed by atoms with Crippen LogP contribution in [0.3, 0.4) is 0 Å². The van der Waals surface area contributed by atoms with Crippen molar-refractivity contribution in [1.29, 1.82) is 0 Å². The molecule has 88 valence electrons. The van der Waals surface area contributed by atoms with Crippen LogP contribution in [-0.2, 0) is 5.75 Å². The highest BCUT2D eigenvalue weighted by Gasteiger charge is 2.01. The van der Waals surface area contributed by atoms with E-state index in [4.69, 9.17) is 5.73 Å². The third kappa shape index (κ3) is 3.46. The van der Waals surface area contributed by atoms with Gasteiger partial charge in [0.15, 0.2) is 0 Å².